The van der Waals surface area contributed by atoms with Gasteiger partial charge in [-0.1, -0.05) is 37.3 Å². The van der Waals surface area contributed by atoms with Crippen molar-refractivity contribution < 1.29 is 9.47 Å². The maximum atomic E-state index is 5.66. The lowest BCUT2D eigenvalue weighted by molar-refractivity contribution is 0.0433. The summed E-state index contributed by atoms with van der Waals surface area (Å²) in [5.41, 5.74) is 1.28. The molecule has 0 aromatic heterocycles. The van der Waals surface area contributed by atoms with Crippen molar-refractivity contribution in [2.24, 2.45) is 0 Å². The van der Waals surface area contributed by atoms with Crippen molar-refractivity contribution in [3.05, 3.63) is 35.9 Å². The van der Waals surface area contributed by atoms with Crippen molar-refractivity contribution in [2.75, 3.05) is 33.0 Å². The molecule has 0 radical (unpaired) electrons. The van der Waals surface area contributed by atoms with Crippen LogP contribution in [-0.4, -0.2) is 33.0 Å². The second-order valence-electron chi connectivity index (χ2n) is 4.19. The molecule has 0 saturated heterocycles. The highest BCUT2D eigenvalue weighted by Gasteiger charge is 2.09. The zero-order chi connectivity index (χ0) is 13.1. The molecule has 3 heteroatoms. The third-order valence-electron chi connectivity index (χ3n) is 2.70. The molecule has 0 bridgehead atoms. The highest BCUT2D eigenvalue weighted by atomic mass is 16.5. The van der Waals surface area contributed by atoms with Gasteiger partial charge in [-0.15, -0.1) is 0 Å². The van der Waals surface area contributed by atoms with Crippen LogP contribution in [0.4, 0.5) is 0 Å². The van der Waals surface area contributed by atoms with Crippen LogP contribution in [0.5, 0.6) is 0 Å². The Kier molecular flexibility index (Phi) is 8.47. The van der Waals surface area contributed by atoms with Crippen molar-refractivity contribution in [1.29, 1.82) is 0 Å². The molecule has 102 valence electrons. The molecule has 1 rings (SSSR count). The summed E-state index contributed by atoms with van der Waals surface area (Å²) in [4.78, 5) is 0. The standard InChI is InChI=1S/C15H25NO2/c1-3-10-16-15(13-18-12-11-17-4-2)14-8-6-5-7-9-14/h5-9,15-16H,3-4,10-13H2,1-2H3. The summed E-state index contributed by atoms with van der Waals surface area (Å²) in [5, 5.41) is 3.51. The van der Waals surface area contributed by atoms with Crippen LogP contribution in [0.2, 0.25) is 0 Å². The van der Waals surface area contributed by atoms with E-state index in [-0.39, 0.29) is 6.04 Å². The van der Waals surface area contributed by atoms with Crippen LogP contribution in [0, 0.1) is 0 Å². The third-order valence-corrected chi connectivity index (χ3v) is 2.70. The fourth-order valence-corrected chi connectivity index (χ4v) is 1.74. The van der Waals surface area contributed by atoms with Gasteiger partial charge in [-0.3, -0.25) is 0 Å². The van der Waals surface area contributed by atoms with Gasteiger partial charge in [0, 0.05) is 6.61 Å². The van der Waals surface area contributed by atoms with Gasteiger partial charge in [-0.25, -0.2) is 0 Å². The Bertz CT molecular complexity index is 290. The molecular formula is C15H25NO2. The van der Waals surface area contributed by atoms with Gasteiger partial charge in [0.15, 0.2) is 0 Å². The summed E-state index contributed by atoms with van der Waals surface area (Å²) in [7, 11) is 0. The molecular weight excluding hydrogens is 226 g/mol. The summed E-state index contributed by atoms with van der Waals surface area (Å²) >= 11 is 0. The Morgan fingerprint density at radius 1 is 1.06 bits per heavy atom. The van der Waals surface area contributed by atoms with Crippen LogP contribution in [0.15, 0.2) is 30.3 Å². The fraction of sp³-hybridized carbons (Fsp3) is 0.600. The minimum Gasteiger partial charge on any atom is -0.379 e. The summed E-state index contributed by atoms with van der Waals surface area (Å²) in [6.07, 6.45) is 1.13. The van der Waals surface area contributed by atoms with Gasteiger partial charge in [-0.2, -0.15) is 0 Å². The highest BCUT2D eigenvalue weighted by Crippen LogP contribution is 2.12. The Morgan fingerprint density at radius 3 is 2.44 bits per heavy atom. The Hall–Kier alpha value is -0.900. The van der Waals surface area contributed by atoms with E-state index in [9.17, 15) is 0 Å². The van der Waals surface area contributed by atoms with Crippen LogP contribution in [0.25, 0.3) is 0 Å². The molecule has 1 aromatic rings. The molecule has 1 atom stereocenters. The number of ether oxygens (including phenoxy) is 2. The van der Waals surface area contributed by atoms with E-state index in [0.29, 0.717) is 19.8 Å². The van der Waals surface area contributed by atoms with Crippen molar-refractivity contribution >= 4 is 0 Å². The zero-order valence-corrected chi connectivity index (χ0v) is 11.5. The lowest BCUT2D eigenvalue weighted by atomic mass is 10.1. The van der Waals surface area contributed by atoms with Crippen molar-refractivity contribution in [2.45, 2.75) is 26.3 Å². The topological polar surface area (TPSA) is 30.5 Å². The van der Waals surface area contributed by atoms with Crippen LogP contribution < -0.4 is 5.32 Å². The largest absolute Gasteiger partial charge is 0.379 e. The van der Waals surface area contributed by atoms with Crippen LogP contribution in [0.1, 0.15) is 31.9 Å². The van der Waals surface area contributed by atoms with E-state index >= 15 is 0 Å². The van der Waals surface area contributed by atoms with Crippen LogP contribution >= 0.6 is 0 Å². The van der Waals surface area contributed by atoms with E-state index in [4.69, 9.17) is 9.47 Å². The molecule has 0 spiro atoms. The number of nitrogens with one attached hydrogen (secondary N) is 1. The number of benzene rings is 1. The van der Waals surface area contributed by atoms with Crippen molar-refractivity contribution in [1.82, 2.24) is 5.32 Å². The number of rotatable bonds is 10. The zero-order valence-electron chi connectivity index (χ0n) is 11.5. The van der Waals surface area contributed by atoms with Gasteiger partial charge >= 0.3 is 0 Å². The average molecular weight is 251 g/mol. The lowest BCUT2D eigenvalue weighted by Gasteiger charge is -2.19. The first-order chi connectivity index (χ1) is 8.88. The molecule has 1 unspecified atom stereocenters. The molecule has 0 fully saturated rings. The number of hydrogen-bond acceptors (Lipinski definition) is 3. The minimum absolute atomic E-state index is 0.271. The Morgan fingerprint density at radius 2 is 1.78 bits per heavy atom. The molecule has 0 amide bonds. The predicted octanol–water partition coefficient (Wildman–Crippen LogP) is 2.78. The summed E-state index contributed by atoms with van der Waals surface area (Å²) in [6, 6.07) is 10.7. The van der Waals surface area contributed by atoms with E-state index in [1.54, 1.807) is 0 Å². The second kappa shape index (κ2) is 10.1. The van der Waals surface area contributed by atoms with E-state index in [1.165, 1.54) is 5.56 Å². The molecule has 0 aliphatic rings. The van der Waals surface area contributed by atoms with E-state index in [0.717, 1.165) is 19.6 Å². The summed E-state index contributed by atoms with van der Waals surface area (Å²) < 4.78 is 10.9. The molecule has 18 heavy (non-hydrogen) atoms. The molecule has 0 aliphatic carbocycles. The first-order valence-corrected chi connectivity index (χ1v) is 6.82. The van der Waals surface area contributed by atoms with Gasteiger partial charge in [0.1, 0.15) is 0 Å². The smallest absolute Gasteiger partial charge is 0.0701 e. The minimum atomic E-state index is 0.271. The predicted molar refractivity (Wildman–Crippen MR) is 74.8 cm³/mol. The van der Waals surface area contributed by atoms with Crippen molar-refractivity contribution in [3.63, 3.8) is 0 Å². The second-order valence-corrected chi connectivity index (χ2v) is 4.19. The van der Waals surface area contributed by atoms with Gasteiger partial charge in [-0.05, 0) is 25.5 Å². The normalized spacial score (nSPS) is 12.6. The number of hydrogen-bond donors (Lipinski definition) is 1. The van der Waals surface area contributed by atoms with Crippen molar-refractivity contribution in [3.8, 4) is 0 Å². The van der Waals surface area contributed by atoms with Crippen LogP contribution in [-0.2, 0) is 9.47 Å². The molecule has 1 N–H and O–H groups in total. The Balaban J connectivity index is 2.36. The lowest BCUT2D eigenvalue weighted by Crippen LogP contribution is -2.26. The van der Waals surface area contributed by atoms with Crippen LogP contribution in [0.3, 0.4) is 0 Å². The molecule has 0 heterocycles. The van der Waals surface area contributed by atoms with E-state index in [1.807, 2.05) is 13.0 Å². The maximum absolute atomic E-state index is 5.66. The first kappa shape index (κ1) is 15.2. The monoisotopic (exact) mass is 251 g/mol. The quantitative estimate of drug-likeness (QED) is 0.649. The average Bonchev–Trinajstić information content (AvgIpc) is 2.43. The maximum Gasteiger partial charge on any atom is 0.0701 e. The highest BCUT2D eigenvalue weighted by molar-refractivity contribution is 5.18. The SMILES string of the molecule is CCCNC(COCCOCC)c1ccccc1. The summed E-state index contributed by atoms with van der Waals surface area (Å²) in [5.74, 6) is 0. The van der Waals surface area contributed by atoms with Gasteiger partial charge in [0.2, 0.25) is 0 Å². The summed E-state index contributed by atoms with van der Waals surface area (Å²) in [6.45, 7) is 7.95. The third kappa shape index (κ3) is 6.15. The fourth-order valence-electron chi connectivity index (χ4n) is 1.74. The van der Waals surface area contributed by atoms with E-state index < -0.39 is 0 Å². The Labute approximate surface area is 110 Å². The van der Waals surface area contributed by atoms with E-state index in [2.05, 4.69) is 36.5 Å². The van der Waals surface area contributed by atoms with Gasteiger partial charge in [0.05, 0.1) is 25.9 Å². The molecule has 1 aromatic carbocycles. The molecule has 3 nitrogen and oxygen atoms in total. The van der Waals surface area contributed by atoms with Gasteiger partial charge < -0.3 is 14.8 Å². The van der Waals surface area contributed by atoms with Gasteiger partial charge in [0.25, 0.3) is 0 Å². The molecule has 0 aliphatic heterocycles. The molecule has 0 saturated carbocycles. The first-order valence-electron chi connectivity index (χ1n) is 6.82.